The molecular weight excluding hydrogens is 413 g/mol. The molecule has 1 aliphatic rings. The Bertz CT molecular complexity index is 962. The number of rotatable bonds is 5. The highest BCUT2D eigenvalue weighted by atomic mass is 32.2. The number of carbonyl (C=O) groups is 1. The molecule has 3 rings (SSSR count). The minimum absolute atomic E-state index is 0.124. The monoisotopic (exact) mass is 432 g/mol. The average molecular weight is 432 g/mol. The molecule has 0 aliphatic carbocycles. The van der Waals surface area contributed by atoms with Crippen LogP contribution in [0.25, 0.3) is 0 Å². The van der Waals surface area contributed by atoms with Crippen molar-refractivity contribution in [1.29, 1.82) is 0 Å². The minimum atomic E-state index is -4.85. The van der Waals surface area contributed by atoms with E-state index < -0.39 is 22.1 Å². The number of aryl methyl sites for hydroxylation is 1. The predicted molar refractivity (Wildman–Crippen MR) is 95.8 cm³/mol. The van der Waals surface area contributed by atoms with Crippen LogP contribution in [0.2, 0.25) is 0 Å². The van der Waals surface area contributed by atoms with E-state index >= 15 is 0 Å². The lowest BCUT2D eigenvalue weighted by Gasteiger charge is -2.31. The molecule has 2 aromatic rings. The first-order chi connectivity index (χ1) is 13.6. The fourth-order valence-corrected chi connectivity index (χ4v) is 4.53. The van der Waals surface area contributed by atoms with Gasteiger partial charge in [0, 0.05) is 24.7 Å². The molecule has 7 nitrogen and oxygen atoms in total. The molecule has 0 atom stereocenters. The maximum absolute atomic E-state index is 12.7. The number of hydrogen-bond acceptors (Lipinski definition) is 5. The third-order valence-electron chi connectivity index (χ3n) is 4.55. The van der Waals surface area contributed by atoms with Crippen LogP contribution < -0.4 is 10.1 Å². The van der Waals surface area contributed by atoms with Gasteiger partial charge in [-0.2, -0.15) is 4.31 Å². The molecule has 1 aromatic heterocycles. The molecule has 1 aromatic carbocycles. The SMILES string of the molecule is Cc1ccoc1C(=O)NC1CCN(S(=O)(=O)c2ccc(OC(F)(F)F)cc2)CC1. The number of ether oxygens (including phenoxy) is 1. The minimum Gasteiger partial charge on any atom is -0.459 e. The van der Waals surface area contributed by atoms with Gasteiger partial charge in [0.2, 0.25) is 10.0 Å². The summed E-state index contributed by atoms with van der Waals surface area (Å²) >= 11 is 0. The standard InChI is InChI=1S/C18H19F3N2O5S/c1-12-8-11-27-16(12)17(24)22-13-6-9-23(10-7-13)29(25,26)15-4-2-14(3-5-15)28-18(19,20)21/h2-5,8,11,13H,6-7,9-10H2,1H3,(H,22,24). The largest absolute Gasteiger partial charge is 0.573 e. The van der Waals surface area contributed by atoms with E-state index in [-0.39, 0.29) is 35.7 Å². The Morgan fingerprint density at radius 3 is 2.31 bits per heavy atom. The summed E-state index contributed by atoms with van der Waals surface area (Å²) in [6.45, 7) is 2.09. The Morgan fingerprint density at radius 1 is 1.17 bits per heavy atom. The van der Waals surface area contributed by atoms with E-state index in [2.05, 4.69) is 10.1 Å². The van der Waals surface area contributed by atoms with E-state index in [1.807, 2.05) is 0 Å². The summed E-state index contributed by atoms with van der Waals surface area (Å²) in [5.41, 5.74) is 0.709. The van der Waals surface area contributed by atoms with Gasteiger partial charge in [-0.1, -0.05) is 0 Å². The van der Waals surface area contributed by atoms with Crippen molar-refractivity contribution in [2.45, 2.75) is 37.1 Å². The number of hydrogen-bond donors (Lipinski definition) is 1. The first-order valence-electron chi connectivity index (χ1n) is 8.77. The zero-order valence-electron chi connectivity index (χ0n) is 15.4. The van der Waals surface area contributed by atoms with Crippen molar-refractivity contribution < 1.29 is 35.5 Å². The molecule has 1 fully saturated rings. The number of sulfonamides is 1. The Balaban J connectivity index is 1.59. The first kappa shape index (κ1) is 21.2. The van der Waals surface area contributed by atoms with Gasteiger partial charge >= 0.3 is 6.36 Å². The molecule has 1 N–H and O–H groups in total. The molecule has 1 saturated heterocycles. The Hall–Kier alpha value is -2.53. The van der Waals surface area contributed by atoms with E-state index in [0.29, 0.717) is 18.4 Å². The van der Waals surface area contributed by atoms with Gasteiger partial charge in [-0.25, -0.2) is 8.42 Å². The van der Waals surface area contributed by atoms with Crippen molar-refractivity contribution >= 4 is 15.9 Å². The fourth-order valence-electron chi connectivity index (χ4n) is 3.06. The van der Waals surface area contributed by atoms with Crippen molar-refractivity contribution in [2.75, 3.05) is 13.1 Å². The summed E-state index contributed by atoms with van der Waals surface area (Å²) in [6, 6.07) is 5.53. The molecule has 11 heteroatoms. The lowest BCUT2D eigenvalue weighted by atomic mass is 10.1. The molecule has 1 aliphatic heterocycles. The average Bonchev–Trinajstić information content (AvgIpc) is 3.07. The molecule has 158 valence electrons. The molecule has 1 amide bonds. The highest BCUT2D eigenvalue weighted by Gasteiger charge is 2.33. The third-order valence-corrected chi connectivity index (χ3v) is 6.47. The second-order valence-corrected chi connectivity index (χ2v) is 8.54. The van der Waals surface area contributed by atoms with Crippen molar-refractivity contribution in [3.8, 4) is 5.75 Å². The smallest absolute Gasteiger partial charge is 0.459 e. The van der Waals surface area contributed by atoms with Crippen LogP contribution in [0.15, 0.2) is 45.9 Å². The van der Waals surface area contributed by atoms with Crippen LogP contribution >= 0.6 is 0 Å². The van der Waals surface area contributed by atoms with Crippen molar-refractivity contribution in [2.24, 2.45) is 0 Å². The van der Waals surface area contributed by atoms with Crippen LogP contribution in [-0.4, -0.2) is 44.1 Å². The maximum atomic E-state index is 12.7. The van der Waals surface area contributed by atoms with Crippen LogP contribution in [0.3, 0.4) is 0 Å². The highest BCUT2D eigenvalue weighted by molar-refractivity contribution is 7.89. The molecule has 0 radical (unpaired) electrons. The van der Waals surface area contributed by atoms with E-state index in [1.54, 1.807) is 13.0 Å². The van der Waals surface area contributed by atoms with Gasteiger partial charge in [-0.05, 0) is 50.1 Å². The lowest BCUT2D eigenvalue weighted by Crippen LogP contribution is -2.46. The first-order valence-corrected chi connectivity index (χ1v) is 10.2. The summed E-state index contributed by atoms with van der Waals surface area (Å²) in [5.74, 6) is -0.624. The summed E-state index contributed by atoms with van der Waals surface area (Å²) in [5, 5.41) is 2.83. The Labute approximate surface area is 165 Å². The van der Waals surface area contributed by atoms with Crippen LogP contribution in [0.5, 0.6) is 5.75 Å². The number of alkyl halides is 3. The second kappa shape index (κ2) is 8.07. The number of halogens is 3. The number of furan rings is 1. The number of amides is 1. The van der Waals surface area contributed by atoms with E-state index in [0.717, 1.165) is 24.3 Å². The topological polar surface area (TPSA) is 88.9 Å². The number of nitrogens with zero attached hydrogens (tertiary/aromatic N) is 1. The van der Waals surface area contributed by atoms with Crippen LogP contribution in [0.4, 0.5) is 13.2 Å². The lowest BCUT2D eigenvalue weighted by molar-refractivity contribution is -0.274. The van der Waals surface area contributed by atoms with Crippen molar-refractivity contribution in [3.05, 3.63) is 47.9 Å². The number of carbonyl (C=O) groups excluding carboxylic acids is 1. The summed E-state index contributed by atoms with van der Waals surface area (Å²) < 4.78 is 72.2. The van der Waals surface area contributed by atoms with Crippen molar-refractivity contribution in [1.82, 2.24) is 9.62 Å². The van der Waals surface area contributed by atoms with E-state index in [1.165, 1.54) is 10.6 Å². The quantitative estimate of drug-likeness (QED) is 0.785. The zero-order valence-corrected chi connectivity index (χ0v) is 16.2. The highest BCUT2D eigenvalue weighted by Crippen LogP contribution is 2.26. The molecule has 0 spiro atoms. The van der Waals surface area contributed by atoms with Gasteiger partial charge in [-0.3, -0.25) is 4.79 Å². The van der Waals surface area contributed by atoms with Crippen LogP contribution in [0.1, 0.15) is 29.0 Å². The Kier molecular flexibility index (Phi) is 5.90. The second-order valence-electron chi connectivity index (χ2n) is 6.60. The number of benzene rings is 1. The summed E-state index contributed by atoms with van der Waals surface area (Å²) in [6.07, 6.45) is -2.62. The van der Waals surface area contributed by atoms with Crippen LogP contribution in [-0.2, 0) is 10.0 Å². The summed E-state index contributed by atoms with van der Waals surface area (Å²) in [4.78, 5) is 12.1. The van der Waals surface area contributed by atoms with Gasteiger partial charge < -0.3 is 14.5 Å². The molecule has 29 heavy (non-hydrogen) atoms. The zero-order chi connectivity index (χ0) is 21.2. The van der Waals surface area contributed by atoms with E-state index in [9.17, 15) is 26.4 Å². The van der Waals surface area contributed by atoms with Gasteiger partial charge in [0.1, 0.15) is 5.75 Å². The fraction of sp³-hybridized carbons (Fsp3) is 0.389. The maximum Gasteiger partial charge on any atom is 0.573 e. The van der Waals surface area contributed by atoms with Crippen LogP contribution in [0, 0.1) is 6.92 Å². The van der Waals surface area contributed by atoms with Crippen molar-refractivity contribution in [3.63, 3.8) is 0 Å². The Morgan fingerprint density at radius 2 is 1.79 bits per heavy atom. The number of piperidine rings is 1. The molecular formula is C18H19F3N2O5S. The third kappa shape index (κ3) is 5.10. The number of nitrogens with one attached hydrogen (secondary N) is 1. The summed E-state index contributed by atoms with van der Waals surface area (Å²) in [7, 11) is -3.86. The molecule has 0 saturated carbocycles. The van der Waals surface area contributed by atoms with Gasteiger partial charge in [-0.15, -0.1) is 13.2 Å². The molecule has 0 unspecified atom stereocenters. The molecule has 0 bridgehead atoms. The van der Waals surface area contributed by atoms with E-state index in [4.69, 9.17) is 4.42 Å². The van der Waals surface area contributed by atoms with Gasteiger partial charge in [0.15, 0.2) is 5.76 Å². The molecule has 2 heterocycles. The normalized spacial score (nSPS) is 16.6. The van der Waals surface area contributed by atoms with Gasteiger partial charge in [0.25, 0.3) is 5.91 Å². The van der Waals surface area contributed by atoms with Gasteiger partial charge in [0.05, 0.1) is 11.2 Å². The predicted octanol–water partition coefficient (Wildman–Crippen LogP) is 3.07.